The van der Waals surface area contributed by atoms with Crippen LogP contribution in [-0.2, 0) is 26.2 Å². The summed E-state index contributed by atoms with van der Waals surface area (Å²) in [5.41, 5.74) is 0.585. The number of halogens is 3. The summed E-state index contributed by atoms with van der Waals surface area (Å²) in [6, 6.07) is 16.5. The molecule has 3 aromatic rings. The molecule has 3 rings (SSSR count). The topological polar surface area (TPSA) is 86.8 Å². The molecule has 208 valence electrons. The maximum atomic E-state index is 14.0. The van der Waals surface area contributed by atoms with Crippen LogP contribution in [0.3, 0.4) is 0 Å². The van der Waals surface area contributed by atoms with E-state index in [4.69, 9.17) is 23.2 Å². The number of anilines is 1. The van der Waals surface area contributed by atoms with Crippen molar-refractivity contribution in [2.75, 3.05) is 10.8 Å². The molecular formula is C28H30Cl2FN3O4S. The Balaban J connectivity index is 2.09. The molecule has 0 bridgehead atoms. The monoisotopic (exact) mass is 593 g/mol. The van der Waals surface area contributed by atoms with Gasteiger partial charge in [-0.25, -0.2) is 12.8 Å². The molecule has 39 heavy (non-hydrogen) atoms. The van der Waals surface area contributed by atoms with Gasteiger partial charge in [-0.2, -0.15) is 0 Å². The lowest BCUT2D eigenvalue weighted by atomic mass is 10.1. The largest absolute Gasteiger partial charge is 0.352 e. The van der Waals surface area contributed by atoms with Gasteiger partial charge in [-0.3, -0.25) is 13.9 Å². The van der Waals surface area contributed by atoms with E-state index < -0.39 is 34.3 Å². The smallest absolute Gasteiger partial charge is 0.264 e. The Morgan fingerprint density at radius 1 is 0.949 bits per heavy atom. The summed E-state index contributed by atoms with van der Waals surface area (Å²) in [7, 11) is -4.28. The van der Waals surface area contributed by atoms with Crippen molar-refractivity contribution >= 4 is 50.7 Å². The van der Waals surface area contributed by atoms with Crippen LogP contribution in [0.4, 0.5) is 10.1 Å². The molecule has 2 amide bonds. The first-order chi connectivity index (χ1) is 18.4. The van der Waals surface area contributed by atoms with Crippen molar-refractivity contribution in [1.82, 2.24) is 10.2 Å². The second-order valence-electron chi connectivity index (χ2n) is 9.13. The standard InChI is InChI=1S/C28H30Cl2FN3O4S/c1-4-24(28(36)32-19(2)3)33(17-20-13-15-21(31)16-14-20)26(35)18-34(25-12-8-11-23(29)27(25)30)39(37,38)22-9-6-5-7-10-22/h5-16,19,24H,4,17-18H2,1-3H3,(H,32,36). The van der Waals surface area contributed by atoms with Gasteiger partial charge in [-0.05, 0) is 62.2 Å². The number of rotatable bonds is 11. The van der Waals surface area contributed by atoms with E-state index in [2.05, 4.69) is 5.32 Å². The van der Waals surface area contributed by atoms with E-state index in [0.29, 0.717) is 5.56 Å². The van der Waals surface area contributed by atoms with Crippen molar-refractivity contribution in [3.63, 3.8) is 0 Å². The number of sulfonamides is 1. The predicted octanol–water partition coefficient (Wildman–Crippen LogP) is 5.66. The van der Waals surface area contributed by atoms with Crippen LogP contribution in [0, 0.1) is 5.82 Å². The van der Waals surface area contributed by atoms with Crippen LogP contribution in [0.25, 0.3) is 0 Å². The summed E-state index contributed by atoms with van der Waals surface area (Å²) < 4.78 is 42.1. The average molecular weight is 595 g/mol. The molecule has 3 aromatic carbocycles. The van der Waals surface area contributed by atoms with Gasteiger partial charge < -0.3 is 10.2 Å². The van der Waals surface area contributed by atoms with Gasteiger partial charge in [0, 0.05) is 12.6 Å². The number of nitrogens with one attached hydrogen (secondary N) is 1. The molecule has 0 aliphatic heterocycles. The van der Waals surface area contributed by atoms with Crippen LogP contribution in [0.15, 0.2) is 77.7 Å². The normalized spacial score (nSPS) is 12.2. The van der Waals surface area contributed by atoms with Gasteiger partial charge in [0.15, 0.2) is 0 Å². The van der Waals surface area contributed by atoms with Gasteiger partial charge in [0.25, 0.3) is 10.0 Å². The molecule has 0 aromatic heterocycles. The summed E-state index contributed by atoms with van der Waals surface area (Å²) in [4.78, 5) is 28.3. The molecular weight excluding hydrogens is 564 g/mol. The molecule has 0 fully saturated rings. The van der Waals surface area contributed by atoms with Crippen molar-refractivity contribution in [3.8, 4) is 0 Å². The zero-order valence-electron chi connectivity index (χ0n) is 21.8. The third kappa shape index (κ3) is 7.50. The molecule has 0 heterocycles. The summed E-state index contributed by atoms with van der Waals surface area (Å²) in [5.74, 6) is -1.49. The SMILES string of the molecule is CCC(C(=O)NC(C)C)N(Cc1ccc(F)cc1)C(=O)CN(c1cccc(Cl)c1Cl)S(=O)(=O)c1ccccc1. The number of carbonyl (C=O) groups excluding carboxylic acids is 2. The van der Waals surface area contributed by atoms with Gasteiger partial charge in [0.1, 0.15) is 18.4 Å². The minimum atomic E-state index is -4.28. The lowest BCUT2D eigenvalue weighted by Gasteiger charge is -2.33. The van der Waals surface area contributed by atoms with Crippen LogP contribution < -0.4 is 9.62 Å². The second-order valence-corrected chi connectivity index (χ2v) is 11.8. The lowest BCUT2D eigenvalue weighted by Crippen LogP contribution is -2.53. The quantitative estimate of drug-likeness (QED) is 0.311. The molecule has 0 aliphatic rings. The average Bonchev–Trinajstić information content (AvgIpc) is 2.90. The van der Waals surface area contributed by atoms with Gasteiger partial charge in [-0.15, -0.1) is 0 Å². The van der Waals surface area contributed by atoms with Crippen LogP contribution in [0.5, 0.6) is 0 Å². The Kier molecular flexibility index (Phi) is 10.4. The van der Waals surface area contributed by atoms with Crippen molar-refractivity contribution < 1.29 is 22.4 Å². The summed E-state index contributed by atoms with van der Waals surface area (Å²) >= 11 is 12.6. The zero-order valence-corrected chi connectivity index (χ0v) is 24.1. The zero-order chi connectivity index (χ0) is 28.7. The Hall–Kier alpha value is -3.14. The molecule has 11 heteroatoms. The number of hydrogen-bond donors (Lipinski definition) is 1. The Morgan fingerprint density at radius 3 is 2.18 bits per heavy atom. The minimum absolute atomic E-state index is 0.0165. The first-order valence-corrected chi connectivity index (χ1v) is 14.5. The Morgan fingerprint density at radius 2 is 1.59 bits per heavy atom. The highest BCUT2D eigenvalue weighted by Gasteiger charge is 2.34. The third-order valence-electron chi connectivity index (χ3n) is 5.89. The highest BCUT2D eigenvalue weighted by Crippen LogP contribution is 2.35. The number of amides is 2. The molecule has 0 spiro atoms. The maximum absolute atomic E-state index is 14.0. The van der Waals surface area contributed by atoms with Crippen molar-refractivity contribution in [3.05, 3.63) is 94.2 Å². The number of carbonyl (C=O) groups is 2. The van der Waals surface area contributed by atoms with Crippen LogP contribution in [0.1, 0.15) is 32.8 Å². The summed E-state index contributed by atoms with van der Waals surface area (Å²) in [6.45, 7) is 4.63. The fourth-order valence-corrected chi connectivity index (χ4v) is 5.90. The number of nitrogens with zero attached hydrogens (tertiary/aromatic N) is 2. The Labute approximate surface area is 238 Å². The molecule has 0 aliphatic carbocycles. The number of benzene rings is 3. The highest BCUT2D eigenvalue weighted by molar-refractivity contribution is 7.92. The molecule has 1 N–H and O–H groups in total. The summed E-state index contributed by atoms with van der Waals surface area (Å²) in [5, 5.41) is 2.89. The lowest BCUT2D eigenvalue weighted by molar-refractivity contribution is -0.140. The van der Waals surface area contributed by atoms with Crippen molar-refractivity contribution in [1.29, 1.82) is 0 Å². The van der Waals surface area contributed by atoms with Gasteiger partial charge in [0.2, 0.25) is 11.8 Å². The molecule has 1 unspecified atom stereocenters. The van der Waals surface area contributed by atoms with E-state index in [1.165, 1.54) is 59.5 Å². The maximum Gasteiger partial charge on any atom is 0.264 e. The first kappa shape index (κ1) is 30.4. The van der Waals surface area contributed by atoms with Gasteiger partial charge in [-0.1, -0.05) is 66.5 Å². The molecule has 0 radical (unpaired) electrons. The van der Waals surface area contributed by atoms with Crippen LogP contribution >= 0.6 is 23.2 Å². The van der Waals surface area contributed by atoms with Crippen LogP contribution in [-0.4, -0.2) is 43.8 Å². The highest BCUT2D eigenvalue weighted by atomic mass is 35.5. The fourth-order valence-electron chi connectivity index (χ4n) is 4.00. The van der Waals surface area contributed by atoms with Gasteiger partial charge >= 0.3 is 0 Å². The molecule has 7 nitrogen and oxygen atoms in total. The molecule has 0 saturated carbocycles. The fraction of sp³-hybridized carbons (Fsp3) is 0.286. The molecule has 0 saturated heterocycles. The molecule has 1 atom stereocenters. The van der Waals surface area contributed by atoms with Crippen LogP contribution in [0.2, 0.25) is 10.0 Å². The van der Waals surface area contributed by atoms with E-state index in [-0.39, 0.29) is 45.5 Å². The van der Waals surface area contributed by atoms with Gasteiger partial charge in [0.05, 0.1) is 20.6 Å². The Bertz CT molecular complexity index is 1400. The number of hydrogen-bond acceptors (Lipinski definition) is 4. The van der Waals surface area contributed by atoms with Crippen molar-refractivity contribution in [2.24, 2.45) is 0 Å². The summed E-state index contributed by atoms with van der Waals surface area (Å²) in [6.07, 6.45) is 0.259. The second kappa shape index (κ2) is 13.3. The van der Waals surface area contributed by atoms with E-state index in [0.717, 1.165) is 4.31 Å². The van der Waals surface area contributed by atoms with E-state index >= 15 is 0 Å². The third-order valence-corrected chi connectivity index (χ3v) is 8.48. The van der Waals surface area contributed by atoms with E-state index in [1.807, 2.05) is 0 Å². The minimum Gasteiger partial charge on any atom is -0.352 e. The van der Waals surface area contributed by atoms with Crippen molar-refractivity contribution in [2.45, 2.75) is 50.7 Å². The first-order valence-electron chi connectivity index (χ1n) is 12.3. The van der Waals surface area contributed by atoms with E-state index in [9.17, 15) is 22.4 Å². The predicted molar refractivity (Wildman–Crippen MR) is 152 cm³/mol. The van der Waals surface area contributed by atoms with E-state index in [1.54, 1.807) is 39.0 Å².